The van der Waals surface area contributed by atoms with Gasteiger partial charge in [-0.15, -0.1) is 0 Å². The second-order valence-electron chi connectivity index (χ2n) is 1.56. The Labute approximate surface area is 62.4 Å². The second kappa shape index (κ2) is 6.14. The first-order chi connectivity index (χ1) is 4.93. The SMILES string of the molecule is C/C=C/c1ccoc1.CC. The molecule has 1 heterocycles. The Morgan fingerprint density at radius 2 is 2.10 bits per heavy atom. The molecule has 1 rings (SSSR count). The number of rotatable bonds is 1. The van der Waals surface area contributed by atoms with Crippen LogP contribution < -0.4 is 0 Å². The lowest BCUT2D eigenvalue weighted by Crippen LogP contribution is -1.54. The summed E-state index contributed by atoms with van der Waals surface area (Å²) in [7, 11) is 0. The third kappa shape index (κ3) is 3.13. The van der Waals surface area contributed by atoms with Crippen LogP contribution in [0.25, 0.3) is 6.08 Å². The summed E-state index contributed by atoms with van der Waals surface area (Å²) in [6.07, 6.45) is 7.34. The van der Waals surface area contributed by atoms with Crippen molar-refractivity contribution in [1.29, 1.82) is 0 Å². The van der Waals surface area contributed by atoms with E-state index in [-0.39, 0.29) is 0 Å². The van der Waals surface area contributed by atoms with Crippen molar-refractivity contribution in [3.63, 3.8) is 0 Å². The van der Waals surface area contributed by atoms with Gasteiger partial charge >= 0.3 is 0 Å². The van der Waals surface area contributed by atoms with Crippen molar-refractivity contribution >= 4 is 6.08 Å². The average Bonchev–Trinajstić information content (AvgIpc) is 2.46. The normalized spacial score (nSPS) is 9.10. The van der Waals surface area contributed by atoms with Crippen molar-refractivity contribution in [2.24, 2.45) is 0 Å². The largest absolute Gasteiger partial charge is 0.472 e. The third-order valence-electron chi connectivity index (χ3n) is 0.902. The van der Waals surface area contributed by atoms with E-state index in [9.17, 15) is 0 Å². The summed E-state index contributed by atoms with van der Waals surface area (Å²) in [6.45, 7) is 5.98. The molecule has 0 aromatic carbocycles. The second-order valence-corrected chi connectivity index (χ2v) is 1.56. The van der Waals surface area contributed by atoms with Gasteiger partial charge in [0.25, 0.3) is 0 Å². The Hall–Kier alpha value is -0.980. The Bertz CT molecular complexity index is 161. The summed E-state index contributed by atoms with van der Waals surface area (Å²) in [4.78, 5) is 0. The Balaban J connectivity index is 0.000000371. The first-order valence-electron chi connectivity index (χ1n) is 3.58. The molecule has 10 heavy (non-hydrogen) atoms. The zero-order valence-corrected chi connectivity index (χ0v) is 6.79. The van der Waals surface area contributed by atoms with Crippen molar-refractivity contribution in [1.82, 2.24) is 0 Å². The fraction of sp³-hybridized carbons (Fsp3) is 0.333. The molecule has 56 valence electrons. The minimum Gasteiger partial charge on any atom is -0.472 e. The van der Waals surface area contributed by atoms with Gasteiger partial charge in [-0.25, -0.2) is 0 Å². The Morgan fingerprint density at radius 3 is 2.50 bits per heavy atom. The molecule has 0 amide bonds. The first-order valence-corrected chi connectivity index (χ1v) is 3.58. The summed E-state index contributed by atoms with van der Waals surface area (Å²) in [6, 6.07) is 1.92. The van der Waals surface area contributed by atoms with Gasteiger partial charge in [-0.3, -0.25) is 0 Å². The minimum absolute atomic E-state index is 1.12. The molecule has 0 atom stereocenters. The number of allylic oxidation sites excluding steroid dienone is 1. The summed E-state index contributed by atoms with van der Waals surface area (Å²) in [5, 5.41) is 0. The molecule has 1 aromatic rings. The maximum absolute atomic E-state index is 4.82. The van der Waals surface area contributed by atoms with E-state index in [1.807, 2.05) is 39.0 Å². The highest BCUT2D eigenvalue weighted by Crippen LogP contribution is 2.00. The molecule has 0 unspecified atom stereocenters. The molecule has 0 aliphatic rings. The molecule has 0 spiro atoms. The summed E-state index contributed by atoms with van der Waals surface area (Å²) in [5.74, 6) is 0. The molecular formula is C9H14O. The standard InChI is InChI=1S/C7H8O.C2H6/c1-2-3-7-4-5-8-6-7;1-2/h2-6H,1H3;1-2H3/b3-2+;. The van der Waals surface area contributed by atoms with Crippen molar-refractivity contribution in [2.75, 3.05) is 0 Å². The van der Waals surface area contributed by atoms with Crippen LogP contribution in [0.15, 0.2) is 29.1 Å². The summed E-state index contributed by atoms with van der Waals surface area (Å²) >= 11 is 0. The van der Waals surface area contributed by atoms with Crippen LogP contribution in [0.3, 0.4) is 0 Å². The van der Waals surface area contributed by atoms with E-state index in [0.29, 0.717) is 0 Å². The van der Waals surface area contributed by atoms with Crippen LogP contribution in [0.5, 0.6) is 0 Å². The van der Waals surface area contributed by atoms with Crippen LogP contribution in [-0.2, 0) is 0 Å². The van der Waals surface area contributed by atoms with Crippen molar-refractivity contribution in [3.8, 4) is 0 Å². The van der Waals surface area contributed by atoms with E-state index < -0.39 is 0 Å². The van der Waals surface area contributed by atoms with Crippen LogP contribution in [0.4, 0.5) is 0 Å². The van der Waals surface area contributed by atoms with Gasteiger partial charge in [0, 0.05) is 5.56 Å². The lowest BCUT2D eigenvalue weighted by Gasteiger charge is -1.73. The van der Waals surface area contributed by atoms with Gasteiger partial charge in [-0.1, -0.05) is 26.0 Å². The van der Waals surface area contributed by atoms with E-state index in [2.05, 4.69) is 0 Å². The number of hydrogen-bond acceptors (Lipinski definition) is 1. The van der Waals surface area contributed by atoms with Gasteiger partial charge in [-0.05, 0) is 13.0 Å². The maximum Gasteiger partial charge on any atom is 0.0974 e. The molecule has 0 saturated carbocycles. The van der Waals surface area contributed by atoms with Gasteiger partial charge in [0.2, 0.25) is 0 Å². The van der Waals surface area contributed by atoms with Gasteiger partial charge in [0.15, 0.2) is 0 Å². The molecule has 0 N–H and O–H groups in total. The molecule has 0 bridgehead atoms. The average molecular weight is 138 g/mol. The van der Waals surface area contributed by atoms with E-state index in [1.165, 1.54) is 0 Å². The molecule has 1 nitrogen and oxygen atoms in total. The van der Waals surface area contributed by atoms with Crippen molar-refractivity contribution in [3.05, 3.63) is 30.2 Å². The summed E-state index contributed by atoms with van der Waals surface area (Å²) in [5.41, 5.74) is 1.12. The fourth-order valence-corrected chi connectivity index (χ4v) is 0.562. The lowest BCUT2D eigenvalue weighted by atomic mass is 10.3. The van der Waals surface area contributed by atoms with Crippen molar-refractivity contribution < 1.29 is 4.42 Å². The quantitative estimate of drug-likeness (QED) is 0.580. The molecule has 1 aromatic heterocycles. The lowest BCUT2D eigenvalue weighted by molar-refractivity contribution is 0.567. The van der Waals surface area contributed by atoms with Crippen LogP contribution in [-0.4, -0.2) is 0 Å². The molecule has 0 radical (unpaired) electrons. The third-order valence-corrected chi connectivity index (χ3v) is 0.902. The van der Waals surface area contributed by atoms with E-state index in [4.69, 9.17) is 4.42 Å². The monoisotopic (exact) mass is 138 g/mol. The highest BCUT2D eigenvalue weighted by Gasteiger charge is 1.81. The van der Waals surface area contributed by atoms with Crippen LogP contribution in [0.2, 0.25) is 0 Å². The summed E-state index contributed by atoms with van der Waals surface area (Å²) < 4.78 is 4.82. The number of hydrogen-bond donors (Lipinski definition) is 0. The Kier molecular flexibility index (Phi) is 5.54. The van der Waals surface area contributed by atoms with Gasteiger partial charge < -0.3 is 4.42 Å². The van der Waals surface area contributed by atoms with Gasteiger partial charge in [-0.2, -0.15) is 0 Å². The molecule has 0 saturated heterocycles. The maximum atomic E-state index is 4.82. The molecule has 0 aliphatic heterocycles. The smallest absolute Gasteiger partial charge is 0.0974 e. The van der Waals surface area contributed by atoms with E-state index in [1.54, 1.807) is 12.5 Å². The van der Waals surface area contributed by atoms with Crippen molar-refractivity contribution in [2.45, 2.75) is 20.8 Å². The van der Waals surface area contributed by atoms with E-state index in [0.717, 1.165) is 5.56 Å². The highest BCUT2D eigenvalue weighted by molar-refractivity contribution is 5.46. The molecule has 0 aliphatic carbocycles. The molecule has 0 fully saturated rings. The molecular weight excluding hydrogens is 124 g/mol. The first kappa shape index (κ1) is 9.02. The predicted molar refractivity (Wildman–Crippen MR) is 44.8 cm³/mol. The van der Waals surface area contributed by atoms with Gasteiger partial charge in [0.05, 0.1) is 12.5 Å². The highest BCUT2D eigenvalue weighted by atomic mass is 16.3. The topological polar surface area (TPSA) is 13.1 Å². The zero-order valence-electron chi connectivity index (χ0n) is 6.79. The number of furan rings is 1. The van der Waals surface area contributed by atoms with Crippen LogP contribution in [0, 0.1) is 0 Å². The van der Waals surface area contributed by atoms with Gasteiger partial charge in [0.1, 0.15) is 0 Å². The van der Waals surface area contributed by atoms with Crippen LogP contribution >= 0.6 is 0 Å². The fourth-order valence-electron chi connectivity index (χ4n) is 0.562. The molecule has 1 heteroatoms. The predicted octanol–water partition coefficient (Wildman–Crippen LogP) is 3.34. The zero-order chi connectivity index (χ0) is 7.82. The van der Waals surface area contributed by atoms with Crippen LogP contribution in [0.1, 0.15) is 26.3 Å². The van der Waals surface area contributed by atoms with E-state index >= 15 is 0 Å². The minimum atomic E-state index is 1.12. The Morgan fingerprint density at radius 1 is 1.40 bits per heavy atom.